The van der Waals surface area contributed by atoms with Crippen LogP contribution in [0.5, 0.6) is 0 Å². The summed E-state index contributed by atoms with van der Waals surface area (Å²) in [6.45, 7) is 1.39. The van der Waals surface area contributed by atoms with Crippen molar-refractivity contribution < 1.29 is 18.3 Å². The van der Waals surface area contributed by atoms with Crippen LogP contribution in [0.15, 0.2) is 18.2 Å². The molecule has 3 rings (SSSR count). The highest BCUT2D eigenvalue weighted by molar-refractivity contribution is 6.31. The Kier molecular flexibility index (Phi) is 3.09. The van der Waals surface area contributed by atoms with Crippen molar-refractivity contribution in [2.45, 2.75) is 24.4 Å². The van der Waals surface area contributed by atoms with Crippen LogP contribution in [-0.4, -0.2) is 24.8 Å². The molecule has 1 aliphatic carbocycles. The fraction of sp³-hybridized carbons (Fsp3) is 0.571. The number of benzene rings is 1. The molecule has 2 nitrogen and oxygen atoms in total. The van der Waals surface area contributed by atoms with Crippen molar-refractivity contribution in [2.75, 3.05) is 19.7 Å². The van der Waals surface area contributed by atoms with Gasteiger partial charge in [0, 0.05) is 17.4 Å². The fourth-order valence-electron chi connectivity index (χ4n) is 3.60. The van der Waals surface area contributed by atoms with Crippen LogP contribution in [0.4, 0.5) is 13.2 Å². The van der Waals surface area contributed by atoms with Crippen LogP contribution < -0.4 is 5.32 Å². The number of rotatable bonds is 2. The molecule has 1 aliphatic heterocycles. The second-order valence-electron chi connectivity index (χ2n) is 5.82. The second-order valence-corrected chi connectivity index (χ2v) is 6.22. The Hall–Kier alpha value is -0.780. The van der Waals surface area contributed by atoms with Gasteiger partial charge in [-0.1, -0.05) is 17.7 Å². The third kappa shape index (κ3) is 1.87. The number of hydrogen-bond acceptors (Lipinski definition) is 2. The first-order chi connectivity index (χ1) is 9.35. The van der Waals surface area contributed by atoms with Crippen molar-refractivity contribution in [3.8, 4) is 0 Å². The Bertz CT molecular complexity index is 548. The van der Waals surface area contributed by atoms with Gasteiger partial charge in [-0.3, -0.25) is 0 Å². The molecule has 110 valence electrons. The van der Waals surface area contributed by atoms with Crippen molar-refractivity contribution in [3.05, 3.63) is 34.3 Å². The molecule has 2 N–H and O–H groups in total. The summed E-state index contributed by atoms with van der Waals surface area (Å²) in [5.74, 6) is 0. The Balaban J connectivity index is 2.04. The highest BCUT2D eigenvalue weighted by atomic mass is 35.5. The Morgan fingerprint density at radius 2 is 2.10 bits per heavy atom. The molecule has 0 radical (unpaired) electrons. The van der Waals surface area contributed by atoms with E-state index < -0.39 is 11.7 Å². The maximum atomic E-state index is 13.0. The Morgan fingerprint density at radius 1 is 1.35 bits per heavy atom. The zero-order chi connectivity index (χ0) is 14.6. The van der Waals surface area contributed by atoms with Crippen molar-refractivity contribution in [3.63, 3.8) is 0 Å². The highest BCUT2D eigenvalue weighted by Gasteiger charge is 2.68. The fourth-order valence-corrected chi connectivity index (χ4v) is 3.83. The van der Waals surface area contributed by atoms with Gasteiger partial charge in [0.15, 0.2) is 0 Å². The minimum Gasteiger partial charge on any atom is -0.396 e. The van der Waals surface area contributed by atoms with Crippen molar-refractivity contribution in [2.24, 2.45) is 5.41 Å². The van der Waals surface area contributed by atoms with Gasteiger partial charge in [0.05, 0.1) is 17.2 Å². The minimum atomic E-state index is -4.45. The lowest BCUT2D eigenvalue weighted by Crippen LogP contribution is -2.40. The van der Waals surface area contributed by atoms with E-state index in [1.807, 2.05) is 0 Å². The van der Waals surface area contributed by atoms with Gasteiger partial charge >= 0.3 is 6.18 Å². The van der Waals surface area contributed by atoms with Gasteiger partial charge in [-0.2, -0.15) is 13.2 Å². The molecule has 2 atom stereocenters. The Labute approximate surface area is 119 Å². The zero-order valence-corrected chi connectivity index (χ0v) is 11.5. The Morgan fingerprint density at radius 3 is 2.75 bits per heavy atom. The first kappa shape index (κ1) is 14.2. The zero-order valence-electron chi connectivity index (χ0n) is 10.7. The molecule has 2 aliphatic rings. The van der Waals surface area contributed by atoms with Crippen LogP contribution in [-0.2, 0) is 11.6 Å². The van der Waals surface area contributed by atoms with Crippen LogP contribution in [0.3, 0.4) is 0 Å². The summed E-state index contributed by atoms with van der Waals surface area (Å²) < 4.78 is 38.9. The normalized spacial score (nSPS) is 32.9. The predicted octanol–water partition coefficient (Wildman–Crippen LogP) is 2.97. The summed E-state index contributed by atoms with van der Waals surface area (Å²) >= 11 is 5.67. The van der Waals surface area contributed by atoms with Crippen LogP contribution in [0.2, 0.25) is 5.02 Å². The summed E-state index contributed by atoms with van der Waals surface area (Å²) in [7, 11) is 0. The second kappa shape index (κ2) is 4.36. The average Bonchev–Trinajstić information content (AvgIpc) is 3.09. The summed E-state index contributed by atoms with van der Waals surface area (Å²) in [4.78, 5) is 0. The van der Waals surface area contributed by atoms with Crippen LogP contribution in [0.1, 0.15) is 24.0 Å². The largest absolute Gasteiger partial charge is 0.417 e. The van der Waals surface area contributed by atoms with E-state index in [9.17, 15) is 18.3 Å². The summed E-state index contributed by atoms with van der Waals surface area (Å²) in [6.07, 6.45) is -2.98. The quantitative estimate of drug-likeness (QED) is 0.880. The van der Waals surface area contributed by atoms with Crippen molar-refractivity contribution in [1.82, 2.24) is 5.32 Å². The van der Waals surface area contributed by atoms with E-state index in [1.54, 1.807) is 6.07 Å². The molecule has 1 saturated carbocycles. The van der Waals surface area contributed by atoms with E-state index in [-0.39, 0.29) is 22.5 Å². The number of piperidine rings is 1. The number of aliphatic hydroxyl groups is 1. The monoisotopic (exact) mass is 305 g/mol. The summed E-state index contributed by atoms with van der Waals surface area (Å²) in [5.41, 5.74) is -0.799. The number of aliphatic hydroxyl groups excluding tert-OH is 1. The van der Waals surface area contributed by atoms with Crippen LogP contribution in [0.25, 0.3) is 0 Å². The standard InChI is InChI=1S/C14H15ClF3NO/c15-11-2-1-9(5-10(11)14(16,17)18)13-3-4-19-7-12(13,6-13)8-20/h1-2,5,19-20H,3-4,6-8H2/t12-,13-/m1/s1. The summed E-state index contributed by atoms with van der Waals surface area (Å²) in [6, 6.07) is 4.14. The maximum Gasteiger partial charge on any atom is 0.417 e. The molecule has 1 aromatic carbocycles. The lowest BCUT2D eigenvalue weighted by molar-refractivity contribution is -0.137. The molecular formula is C14H15ClF3NO. The third-order valence-corrected chi connectivity index (χ3v) is 5.18. The molecule has 6 heteroatoms. The molecule has 0 unspecified atom stereocenters. The molecule has 1 aromatic rings. The van der Waals surface area contributed by atoms with Gasteiger partial charge in [-0.05, 0) is 37.1 Å². The SMILES string of the molecule is OC[C@@]12CNCC[C@]1(c1ccc(Cl)c(C(F)(F)F)c1)C2. The van der Waals surface area contributed by atoms with E-state index in [4.69, 9.17) is 11.6 Å². The molecule has 1 saturated heterocycles. The number of halogens is 4. The molecule has 0 aromatic heterocycles. The van der Waals surface area contributed by atoms with Crippen molar-refractivity contribution in [1.29, 1.82) is 0 Å². The van der Waals surface area contributed by atoms with Gasteiger partial charge < -0.3 is 10.4 Å². The number of nitrogens with one attached hydrogen (secondary N) is 1. The molecule has 2 fully saturated rings. The maximum absolute atomic E-state index is 13.0. The predicted molar refractivity (Wildman–Crippen MR) is 69.8 cm³/mol. The topological polar surface area (TPSA) is 32.3 Å². The minimum absolute atomic E-state index is 0.00994. The van der Waals surface area contributed by atoms with Gasteiger partial charge in [0.25, 0.3) is 0 Å². The molecule has 0 amide bonds. The van der Waals surface area contributed by atoms with Crippen molar-refractivity contribution >= 4 is 11.6 Å². The van der Waals surface area contributed by atoms with E-state index in [1.165, 1.54) is 6.07 Å². The molecule has 1 heterocycles. The van der Waals surface area contributed by atoms with Gasteiger partial charge in [-0.25, -0.2) is 0 Å². The number of hydrogen-bond donors (Lipinski definition) is 2. The van der Waals surface area contributed by atoms with E-state index in [0.717, 1.165) is 25.5 Å². The van der Waals surface area contributed by atoms with E-state index in [2.05, 4.69) is 5.32 Å². The van der Waals surface area contributed by atoms with Gasteiger partial charge in [0.2, 0.25) is 0 Å². The molecular weight excluding hydrogens is 291 g/mol. The first-order valence-corrected chi connectivity index (χ1v) is 6.91. The molecule has 20 heavy (non-hydrogen) atoms. The highest BCUT2D eigenvalue weighted by Crippen LogP contribution is 2.67. The third-order valence-electron chi connectivity index (χ3n) is 4.85. The summed E-state index contributed by atoms with van der Waals surface area (Å²) in [5, 5.41) is 12.5. The first-order valence-electron chi connectivity index (χ1n) is 6.54. The average molecular weight is 306 g/mol. The molecule has 0 bridgehead atoms. The van der Waals surface area contributed by atoms with E-state index >= 15 is 0 Å². The number of alkyl halides is 3. The van der Waals surface area contributed by atoms with E-state index in [0.29, 0.717) is 12.1 Å². The smallest absolute Gasteiger partial charge is 0.396 e. The van der Waals surface area contributed by atoms with Crippen LogP contribution in [0, 0.1) is 5.41 Å². The lowest BCUT2D eigenvalue weighted by atomic mass is 9.81. The number of fused-ring (bicyclic) bond motifs is 1. The van der Waals surface area contributed by atoms with Gasteiger partial charge in [0.1, 0.15) is 0 Å². The van der Waals surface area contributed by atoms with Crippen LogP contribution >= 0.6 is 11.6 Å². The van der Waals surface area contributed by atoms with Gasteiger partial charge in [-0.15, -0.1) is 0 Å². The molecule has 0 spiro atoms. The lowest BCUT2D eigenvalue weighted by Gasteiger charge is -2.31.